The van der Waals surface area contributed by atoms with E-state index in [0.29, 0.717) is 10.6 Å². The Labute approximate surface area is 150 Å². The second-order valence-electron chi connectivity index (χ2n) is 5.21. The molecule has 0 bridgehead atoms. The summed E-state index contributed by atoms with van der Waals surface area (Å²) in [6, 6.07) is 16.7. The smallest absolute Gasteiger partial charge is 0.0749 e. The quantitative estimate of drug-likeness (QED) is 0.515. The van der Waals surface area contributed by atoms with E-state index >= 15 is 0 Å². The second kappa shape index (κ2) is 7.98. The van der Waals surface area contributed by atoms with Gasteiger partial charge in [0.15, 0.2) is 0 Å². The Morgan fingerprint density at radius 2 is 1.36 bits per heavy atom. The number of hydrogen-bond donors (Lipinski definition) is 1. The van der Waals surface area contributed by atoms with Gasteiger partial charge in [-0.05, 0) is 67.9 Å². The Balaban J connectivity index is 1.74. The fourth-order valence-electron chi connectivity index (χ4n) is 2.43. The molecule has 1 fully saturated rings. The van der Waals surface area contributed by atoms with Crippen molar-refractivity contribution < 1.29 is 0 Å². The molecule has 0 amide bonds. The minimum Gasteiger partial charge on any atom is -0.312 e. The van der Waals surface area contributed by atoms with Crippen molar-refractivity contribution in [2.24, 2.45) is 0 Å². The van der Waals surface area contributed by atoms with Gasteiger partial charge in [-0.3, -0.25) is 0 Å². The lowest BCUT2D eigenvalue weighted by Gasteiger charge is -2.23. The highest BCUT2D eigenvalue weighted by Crippen LogP contribution is 2.40. The lowest BCUT2D eigenvalue weighted by Crippen LogP contribution is -2.30. The van der Waals surface area contributed by atoms with Gasteiger partial charge < -0.3 is 5.32 Å². The molecule has 1 saturated heterocycles. The van der Waals surface area contributed by atoms with Gasteiger partial charge in [-0.15, -0.1) is 23.5 Å². The van der Waals surface area contributed by atoms with Crippen molar-refractivity contribution >= 4 is 46.7 Å². The zero-order valence-corrected chi connectivity index (χ0v) is 15.1. The molecule has 1 atom stereocenters. The molecule has 0 radical (unpaired) electrons. The minimum absolute atomic E-state index is 0.435. The molecule has 0 unspecified atom stereocenters. The number of halogens is 2. The maximum atomic E-state index is 5.98. The highest BCUT2D eigenvalue weighted by molar-refractivity contribution is 8.17. The Kier molecular flexibility index (Phi) is 6.00. The van der Waals surface area contributed by atoms with Crippen LogP contribution in [0.25, 0.3) is 0 Å². The molecule has 0 saturated carbocycles. The lowest BCUT2D eigenvalue weighted by atomic mass is 10.2. The Morgan fingerprint density at radius 3 is 1.77 bits per heavy atom. The van der Waals surface area contributed by atoms with E-state index in [9.17, 15) is 0 Å². The summed E-state index contributed by atoms with van der Waals surface area (Å²) < 4.78 is 0.435. The molecule has 2 aromatic carbocycles. The fraction of sp³-hybridized carbons (Fsp3) is 0.294. The van der Waals surface area contributed by atoms with E-state index in [2.05, 4.69) is 29.6 Å². The highest BCUT2D eigenvalue weighted by atomic mass is 35.5. The molecule has 0 spiro atoms. The van der Waals surface area contributed by atoms with Crippen LogP contribution in [0.5, 0.6) is 0 Å². The second-order valence-corrected chi connectivity index (χ2v) is 8.82. The summed E-state index contributed by atoms with van der Waals surface area (Å²) in [5.74, 6) is 0. The van der Waals surface area contributed by atoms with Gasteiger partial charge in [-0.2, -0.15) is 0 Å². The van der Waals surface area contributed by atoms with Crippen LogP contribution in [-0.2, 0) is 0 Å². The van der Waals surface area contributed by atoms with Crippen LogP contribution in [-0.4, -0.2) is 17.2 Å². The Hall–Kier alpha value is -0.320. The first kappa shape index (κ1) is 16.5. The van der Waals surface area contributed by atoms with Gasteiger partial charge in [-0.1, -0.05) is 23.2 Å². The van der Waals surface area contributed by atoms with Crippen LogP contribution in [0.15, 0.2) is 58.3 Å². The van der Waals surface area contributed by atoms with Crippen LogP contribution >= 0.6 is 46.7 Å². The van der Waals surface area contributed by atoms with Crippen LogP contribution in [0.2, 0.25) is 10.0 Å². The maximum absolute atomic E-state index is 5.98. The molecule has 1 aliphatic rings. The molecule has 1 nitrogen and oxygen atoms in total. The number of thioether (sulfide) groups is 2. The van der Waals surface area contributed by atoms with Gasteiger partial charge in [0, 0.05) is 25.9 Å². The van der Waals surface area contributed by atoms with Crippen LogP contribution in [0, 0.1) is 0 Å². The minimum atomic E-state index is 0.435. The first-order valence-corrected chi connectivity index (χ1v) is 9.80. The summed E-state index contributed by atoms with van der Waals surface area (Å²) in [7, 11) is 0. The predicted molar refractivity (Wildman–Crippen MR) is 99.4 cm³/mol. The SMILES string of the molecule is Clc1ccc(SC(Sc2ccc(Cl)cc2)[C@@H]2CCCN2)cc1. The van der Waals surface area contributed by atoms with Gasteiger partial charge in [-0.25, -0.2) is 0 Å². The third-order valence-electron chi connectivity index (χ3n) is 3.56. The molecular weight excluding hydrogens is 353 g/mol. The van der Waals surface area contributed by atoms with Gasteiger partial charge >= 0.3 is 0 Å². The van der Waals surface area contributed by atoms with Gasteiger partial charge in [0.1, 0.15) is 0 Å². The topological polar surface area (TPSA) is 12.0 Å². The molecule has 0 aromatic heterocycles. The molecule has 1 N–H and O–H groups in total. The molecule has 116 valence electrons. The standard InChI is InChI=1S/C17H17Cl2NS2/c18-12-3-7-14(8-4-12)21-17(16-2-1-11-20-16)22-15-9-5-13(19)6-10-15/h3-10,16-17,20H,1-2,11H2/t16-/m0/s1. The molecule has 2 aromatic rings. The van der Waals surface area contributed by atoms with Crippen molar-refractivity contribution in [3.63, 3.8) is 0 Å². The number of hydrogen-bond acceptors (Lipinski definition) is 3. The van der Waals surface area contributed by atoms with E-state index in [1.807, 2.05) is 47.8 Å². The Morgan fingerprint density at radius 1 is 0.864 bits per heavy atom. The van der Waals surface area contributed by atoms with Crippen molar-refractivity contribution in [3.05, 3.63) is 58.6 Å². The zero-order chi connectivity index (χ0) is 15.4. The van der Waals surface area contributed by atoms with E-state index < -0.39 is 0 Å². The van der Waals surface area contributed by atoms with Crippen molar-refractivity contribution in [3.8, 4) is 0 Å². The van der Waals surface area contributed by atoms with Crippen molar-refractivity contribution in [2.45, 2.75) is 33.3 Å². The average molecular weight is 370 g/mol. The van der Waals surface area contributed by atoms with Crippen molar-refractivity contribution in [2.75, 3.05) is 6.54 Å². The van der Waals surface area contributed by atoms with Crippen LogP contribution in [0.3, 0.4) is 0 Å². The zero-order valence-electron chi connectivity index (χ0n) is 12.0. The van der Waals surface area contributed by atoms with E-state index in [0.717, 1.165) is 16.6 Å². The monoisotopic (exact) mass is 369 g/mol. The van der Waals surface area contributed by atoms with Crippen molar-refractivity contribution in [1.82, 2.24) is 5.32 Å². The summed E-state index contributed by atoms with van der Waals surface area (Å²) in [6.07, 6.45) is 2.48. The first-order valence-electron chi connectivity index (χ1n) is 7.28. The van der Waals surface area contributed by atoms with E-state index in [-0.39, 0.29) is 0 Å². The molecule has 5 heteroatoms. The van der Waals surface area contributed by atoms with E-state index in [1.165, 1.54) is 22.6 Å². The molecular formula is C17H17Cl2NS2. The summed E-state index contributed by atoms with van der Waals surface area (Å²) in [5, 5.41) is 5.19. The summed E-state index contributed by atoms with van der Waals surface area (Å²) in [5.41, 5.74) is 0. The van der Waals surface area contributed by atoms with Crippen molar-refractivity contribution in [1.29, 1.82) is 0 Å². The highest BCUT2D eigenvalue weighted by Gasteiger charge is 2.26. The number of benzene rings is 2. The molecule has 0 aliphatic carbocycles. The lowest BCUT2D eigenvalue weighted by molar-refractivity contribution is 0.654. The fourth-order valence-corrected chi connectivity index (χ4v) is 5.45. The average Bonchev–Trinajstić information content (AvgIpc) is 3.05. The van der Waals surface area contributed by atoms with Gasteiger partial charge in [0.05, 0.1) is 4.58 Å². The summed E-state index contributed by atoms with van der Waals surface area (Å²) >= 11 is 15.8. The third-order valence-corrected chi connectivity index (χ3v) is 6.85. The van der Waals surface area contributed by atoms with Crippen LogP contribution in [0.4, 0.5) is 0 Å². The van der Waals surface area contributed by atoms with Crippen LogP contribution < -0.4 is 5.32 Å². The third kappa shape index (κ3) is 4.59. The normalized spacial score (nSPS) is 18.0. The maximum Gasteiger partial charge on any atom is 0.0749 e. The summed E-state index contributed by atoms with van der Waals surface area (Å²) in [6.45, 7) is 1.11. The molecule has 22 heavy (non-hydrogen) atoms. The van der Waals surface area contributed by atoms with E-state index in [1.54, 1.807) is 0 Å². The summed E-state index contributed by atoms with van der Waals surface area (Å²) in [4.78, 5) is 2.51. The van der Waals surface area contributed by atoms with Gasteiger partial charge in [0.2, 0.25) is 0 Å². The molecule has 1 aliphatic heterocycles. The van der Waals surface area contributed by atoms with Gasteiger partial charge in [0.25, 0.3) is 0 Å². The van der Waals surface area contributed by atoms with E-state index in [4.69, 9.17) is 23.2 Å². The van der Waals surface area contributed by atoms with Crippen LogP contribution in [0.1, 0.15) is 12.8 Å². The predicted octanol–water partition coefficient (Wildman–Crippen LogP) is 5.96. The first-order chi connectivity index (χ1) is 10.7. The molecule has 3 rings (SSSR count). The Bertz CT molecular complexity index is 548. The molecule has 1 heterocycles. The number of nitrogens with one attached hydrogen (secondary N) is 1. The largest absolute Gasteiger partial charge is 0.312 e. The number of rotatable bonds is 5.